The molecular weight excluding hydrogens is 124 g/mol. The maximum absolute atomic E-state index is 3.39. The quantitative estimate of drug-likeness (QED) is 0.563. The van der Waals surface area contributed by atoms with Crippen LogP contribution in [0.3, 0.4) is 0 Å². The molecule has 0 radical (unpaired) electrons. The highest BCUT2D eigenvalue weighted by Gasteiger charge is 2.30. The minimum absolute atomic E-state index is 0.871. The standard InChI is InChI=1S/C8H16N2/c1-7-5-10(6-7)8-2-3-9-4-8/h7-9H,2-6H2,1H3. The van der Waals surface area contributed by atoms with Crippen LogP contribution in [0.4, 0.5) is 0 Å². The molecule has 0 saturated carbocycles. The van der Waals surface area contributed by atoms with Gasteiger partial charge in [-0.15, -0.1) is 0 Å². The first-order valence-electron chi connectivity index (χ1n) is 4.31. The molecule has 2 heteroatoms. The van der Waals surface area contributed by atoms with Gasteiger partial charge in [-0.05, 0) is 18.9 Å². The number of likely N-dealkylation sites (tertiary alicyclic amines) is 1. The predicted molar refractivity (Wildman–Crippen MR) is 42.0 cm³/mol. The van der Waals surface area contributed by atoms with Gasteiger partial charge in [-0.3, -0.25) is 4.90 Å². The zero-order valence-electron chi connectivity index (χ0n) is 6.64. The van der Waals surface area contributed by atoms with E-state index in [1.165, 1.54) is 32.6 Å². The average molecular weight is 140 g/mol. The molecule has 0 aromatic heterocycles. The Morgan fingerprint density at radius 1 is 1.40 bits per heavy atom. The van der Waals surface area contributed by atoms with Gasteiger partial charge in [0.15, 0.2) is 0 Å². The van der Waals surface area contributed by atoms with E-state index in [2.05, 4.69) is 17.1 Å². The summed E-state index contributed by atoms with van der Waals surface area (Å²) in [5.74, 6) is 0.959. The molecule has 0 spiro atoms. The molecule has 2 saturated heterocycles. The lowest BCUT2D eigenvalue weighted by atomic mass is 9.99. The number of hydrogen-bond donors (Lipinski definition) is 1. The fourth-order valence-electron chi connectivity index (χ4n) is 2.00. The van der Waals surface area contributed by atoms with E-state index < -0.39 is 0 Å². The van der Waals surface area contributed by atoms with Crippen molar-refractivity contribution in [3.05, 3.63) is 0 Å². The van der Waals surface area contributed by atoms with Crippen molar-refractivity contribution in [2.75, 3.05) is 26.2 Å². The number of nitrogens with one attached hydrogen (secondary N) is 1. The minimum Gasteiger partial charge on any atom is -0.315 e. The first-order valence-corrected chi connectivity index (χ1v) is 4.31. The van der Waals surface area contributed by atoms with Crippen molar-refractivity contribution in [1.82, 2.24) is 10.2 Å². The summed E-state index contributed by atoms with van der Waals surface area (Å²) in [6.45, 7) is 7.47. The molecule has 0 aromatic carbocycles. The van der Waals surface area contributed by atoms with Gasteiger partial charge in [0.2, 0.25) is 0 Å². The number of nitrogens with zero attached hydrogens (tertiary/aromatic N) is 1. The molecule has 2 aliphatic rings. The molecule has 2 aliphatic heterocycles. The van der Waals surface area contributed by atoms with Gasteiger partial charge in [-0.25, -0.2) is 0 Å². The van der Waals surface area contributed by atoms with Gasteiger partial charge in [0, 0.05) is 25.7 Å². The second-order valence-corrected chi connectivity index (χ2v) is 3.71. The van der Waals surface area contributed by atoms with E-state index in [4.69, 9.17) is 0 Å². The second-order valence-electron chi connectivity index (χ2n) is 3.71. The zero-order valence-corrected chi connectivity index (χ0v) is 6.64. The first-order chi connectivity index (χ1) is 4.86. The van der Waals surface area contributed by atoms with Crippen LogP contribution in [0.5, 0.6) is 0 Å². The summed E-state index contributed by atoms with van der Waals surface area (Å²) in [5.41, 5.74) is 0. The van der Waals surface area contributed by atoms with Gasteiger partial charge >= 0.3 is 0 Å². The van der Waals surface area contributed by atoms with Gasteiger partial charge in [0.05, 0.1) is 0 Å². The topological polar surface area (TPSA) is 15.3 Å². The summed E-state index contributed by atoms with van der Waals surface area (Å²) in [6.07, 6.45) is 1.37. The fraction of sp³-hybridized carbons (Fsp3) is 1.00. The van der Waals surface area contributed by atoms with Crippen LogP contribution in [0.1, 0.15) is 13.3 Å². The maximum atomic E-state index is 3.39. The number of rotatable bonds is 1. The average Bonchev–Trinajstić information content (AvgIpc) is 2.31. The lowest BCUT2D eigenvalue weighted by Gasteiger charge is -2.41. The molecule has 1 N–H and O–H groups in total. The Labute approximate surface area is 62.6 Å². The largest absolute Gasteiger partial charge is 0.315 e. The van der Waals surface area contributed by atoms with E-state index >= 15 is 0 Å². The van der Waals surface area contributed by atoms with Crippen LogP contribution in [-0.4, -0.2) is 37.1 Å². The summed E-state index contributed by atoms with van der Waals surface area (Å²) >= 11 is 0. The van der Waals surface area contributed by atoms with Crippen LogP contribution in [0.15, 0.2) is 0 Å². The Kier molecular flexibility index (Phi) is 1.66. The second kappa shape index (κ2) is 2.51. The molecule has 0 bridgehead atoms. The summed E-state index contributed by atoms with van der Waals surface area (Å²) in [7, 11) is 0. The van der Waals surface area contributed by atoms with E-state index in [9.17, 15) is 0 Å². The summed E-state index contributed by atoms with van der Waals surface area (Å²) in [6, 6.07) is 0.871. The molecule has 1 atom stereocenters. The Morgan fingerprint density at radius 3 is 2.70 bits per heavy atom. The Hall–Kier alpha value is -0.0800. The molecule has 0 aromatic rings. The molecule has 10 heavy (non-hydrogen) atoms. The van der Waals surface area contributed by atoms with E-state index in [-0.39, 0.29) is 0 Å². The third-order valence-electron chi connectivity index (χ3n) is 2.64. The van der Waals surface area contributed by atoms with Gasteiger partial charge in [0.1, 0.15) is 0 Å². The van der Waals surface area contributed by atoms with E-state index in [0.29, 0.717) is 0 Å². The van der Waals surface area contributed by atoms with Crippen molar-refractivity contribution >= 4 is 0 Å². The predicted octanol–water partition coefficient (Wildman–Crippen LogP) is 0.300. The zero-order chi connectivity index (χ0) is 6.97. The Balaban J connectivity index is 1.78. The highest BCUT2D eigenvalue weighted by Crippen LogP contribution is 2.20. The van der Waals surface area contributed by atoms with Crippen LogP contribution in [0.2, 0.25) is 0 Å². The Bertz CT molecular complexity index is 112. The lowest BCUT2D eigenvalue weighted by Crippen LogP contribution is -2.51. The van der Waals surface area contributed by atoms with Crippen LogP contribution in [-0.2, 0) is 0 Å². The van der Waals surface area contributed by atoms with E-state index in [0.717, 1.165) is 12.0 Å². The molecule has 0 amide bonds. The maximum Gasteiger partial charge on any atom is 0.0232 e. The molecule has 1 unspecified atom stereocenters. The van der Waals surface area contributed by atoms with Crippen LogP contribution in [0, 0.1) is 5.92 Å². The molecule has 2 heterocycles. The molecular formula is C8H16N2. The van der Waals surface area contributed by atoms with Crippen LogP contribution >= 0.6 is 0 Å². The third-order valence-corrected chi connectivity index (χ3v) is 2.64. The summed E-state index contributed by atoms with van der Waals surface area (Å²) in [4.78, 5) is 2.60. The van der Waals surface area contributed by atoms with Crippen LogP contribution in [0.25, 0.3) is 0 Å². The van der Waals surface area contributed by atoms with Gasteiger partial charge in [-0.1, -0.05) is 6.92 Å². The highest BCUT2D eigenvalue weighted by molar-refractivity contribution is 4.87. The van der Waals surface area contributed by atoms with Crippen molar-refractivity contribution < 1.29 is 0 Å². The van der Waals surface area contributed by atoms with E-state index in [1.807, 2.05) is 0 Å². The van der Waals surface area contributed by atoms with Crippen LogP contribution < -0.4 is 5.32 Å². The third kappa shape index (κ3) is 1.06. The molecule has 0 aliphatic carbocycles. The summed E-state index contributed by atoms with van der Waals surface area (Å²) < 4.78 is 0. The molecule has 2 fully saturated rings. The Morgan fingerprint density at radius 2 is 2.20 bits per heavy atom. The normalized spacial score (nSPS) is 36.3. The van der Waals surface area contributed by atoms with Gasteiger partial charge in [-0.2, -0.15) is 0 Å². The van der Waals surface area contributed by atoms with Crippen molar-refractivity contribution in [1.29, 1.82) is 0 Å². The highest BCUT2D eigenvalue weighted by atomic mass is 15.2. The fourth-order valence-corrected chi connectivity index (χ4v) is 2.00. The minimum atomic E-state index is 0.871. The van der Waals surface area contributed by atoms with E-state index in [1.54, 1.807) is 0 Å². The molecule has 2 rings (SSSR count). The van der Waals surface area contributed by atoms with Crippen molar-refractivity contribution in [3.8, 4) is 0 Å². The van der Waals surface area contributed by atoms with Crippen molar-refractivity contribution in [2.24, 2.45) is 5.92 Å². The number of hydrogen-bond acceptors (Lipinski definition) is 2. The first kappa shape index (κ1) is 6.62. The monoisotopic (exact) mass is 140 g/mol. The van der Waals surface area contributed by atoms with Gasteiger partial charge in [0.25, 0.3) is 0 Å². The SMILES string of the molecule is CC1CN(C2CCNC2)C1. The molecule has 2 nitrogen and oxygen atoms in total. The van der Waals surface area contributed by atoms with Crippen molar-refractivity contribution in [2.45, 2.75) is 19.4 Å². The lowest BCUT2D eigenvalue weighted by molar-refractivity contribution is 0.0711. The van der Waals surface area contributed by atoms with Crippen molar-refractivity contribution in [3.63, 3.8) is 0 Å². The smallest absolute Gasteiger partial charge is 0.0232 e. The van der Waals surface area contributed by atoms with Gasteiger partial charge < -0.3 is 5.32 Å². The summed E-state index contributed by atoms with van der Waals surface area (Å²) in [5, 5.41) is 3.39. The molecule has 58 valence electrons.